The first kappa shape index (κ1) is 12.6. The summed E-state index contributed by atoms with van der Waals surface area (Å²) < 4.78 is 5.84. The Morgan fingerprint density at radius 2 is 1.75 bits per heavy atom. The molecule has 100 valence electrons. The largest absolute Gasteiger partial charge is 0.466 e. The zero-order valence-electron chi connectivity index (χ0n) is 11.2. The van der Waals surface area contributed by atoms with E-state index < -0.39 is 0 Å². The molecule has 2 aromatic heterocycles. The molecule has 0 aliphatic carbocycles. The molecule has 3 heteroatoms. The zero-order valence-corrected chi connectivity index (χ0v) is 11.2. The van der Waals surface area contributed by atoms with E-state index >= 15 is 0 Å². The summed E-state index contributed by atoms with van der Waals surface area (Å²) in [5.41, 5.74) is 2.00. The molecular formula is C17H16N2O. The smallest absolute Gasteiger partial charge is 0.106 e. The molecule has 0 spiro atoms. The van der Waals surface area contributed by atoms with Gasteiger partial charge in [-0.15, -0.1) is 0 Å². The summed E-state index contributed by atoms with van der Waals surface area (Å²) in [7, 11) is 0. The van der Waals surface area contributed by atoms with Crippen LogP contribution in [-0.4, -0.2) is 9.97 Å². The normalized spacial score (nSPS) is 18.4. The number of rotatable bonds is 3. The summed E-state index contributed by atoms with van der Waals surface area (Å²) >= 11 is 0. The van der Waals surface area contributed by atoms with E-state index in [0.29, 0.717) is 0 Å². The van der Waals surface area contributed by atoms with Crippen LogP contribution in [0.2, 0.25) is 0 Å². The molecule has 1 fully saturated rings. The van der Waals surface area contributed by atoms with E-state index in [2.05, 4.69) is 16.0 Å². The first-order chi connectivity index (χ1) is 9.90. The Morgan fingerprint density at radius 1 is 0.950 bits per heavy atom. The average molecular weight is 264 g/mol. The number of hydrogen-bond donors (Lipinski definition) is 0. The van der Waals surface area contributed by atoms with Crippen LogP contribution >= 0.6 is 0 Å². The van der Waals surface area contributed by atoms with Crippen molar-refractivity contribution in [1.29, 1.82) is 0 Å². The Morgan fingerprint density at radius 3 is 2.50 bits per heavy atom. The van der Waals surface area contributed by atoms with Crippen LogP contribution in [0, 0.1) is 0 Å². The molecule has 0 bridgehead atoms. The second kappa shape index (κ2) is 6.15. The van der Waals surface area contributed by atoms with E-state index in [1.54, 1.807) is 6.20 Å². The monoisotopic (exact) mass is 264 g/mol. The minimum Gasteiger partial charge on any atom is -0.466 e. The fraction of sp³-hybridized carbons (Fsp3) is 0.176. The van der Waals surface area contributed by atoms with Crippen molar-refractivity contribution in [1.82, 2.24) is 9.97 Å². The molecule has 1 aliphatic heterocycles. The van der Waals surface area contributed by atoms with Crippen molar-refractivity contribution in [3.05, 3.63) is 77.8 Å². The summed E-state index contributed by atoms with van der Waals surface area (Å²) in [5, 5.41) is 0. The van der Waals surface area contributed by atoms with Gasteiger partial charge in [0.05, 0.1) is 5.69 Å². The molecule has 0 aromatic carbocycles. The molecule has 3 nitrogen and oxygen atoms in total. The molecule has 0 unspecified atom stereocenters. The van der Waals surface area contributed by atoms with E-state index in [-0.39, 0.29) is 0 Å². The molecule has 20 heavy (non-hydrogen) atoms. The Kier molecular flexibility index (Phi) is 3.88. The molecule has 3 rings (SSSR count). The highest BCUT2D eigenvalue weighted by atomic mass is 16.5. The summed E-state index contributed by atoms with van der Waals surface area (Å²) in [6.45, 7) is 0. The molecule has 0 saturated carbocycles. The molecule has 3 heterocycles. The van der Waals surface area contributed by atoms with Crippen LogP contribution in [0.4, 0.5) is 0 Å². The highest BCUT2D eigenvalue weighted by Gasteiger charge is 2.14. The lowest BCUT2D eigenvalue weighted by molar-refractivity contribution is 0.342. The van der Waals surface area contributed by atoms with Gasteiger partial charge in [0.1, 0.15) is 11.5 Å². The quantitative estimate of drug-likeness (QED) is 0.846. The summed E-state index contributed by atoms with van der Waals surface area (Å²) in [6, 6.07) is 11.8. The fourth-order valence-corrected chi connectivity index (χ4v) is 2.13. The second-order valence-corrected chi connectivity index (χ2v) is 4.66. The van der Waals surface area contributed by atoms with E-state index in [9.17, 15) is 0 Å². The Labute approximate surface area is 118 Å². The molecule has 1 aliphatic rings. The minimum atomic E-state index is 0.813. The van der Waals surface area contributed by atoms with Gasteiger partial charge in [0.25, 0.3) is 0 Å². The fourth-order valence-electron chi connectivity index (χ4n) is 2.13. The van der Waals surface area contributed by atoms with Gasteiger partial charge in [0.2, 0.25) is 0 Å². The van der Waals surface area contributed by atoms with Crippen LogP contribution in [0.15, 0.2) is 66.4 Å². The Balaban J connectivity index is 1.63. The summed E-state index contributed by atoms with van der Waals surface area (Å²) in [4.78, 5) is 8.58. The molecule has 0 N–H and O–H groups in total. The van der Waals surface area contributed by atoms with Crippen LogP contribution in [0.1, 0.15) is 24.2 Å². The van der Waals surface area contributed by atoms with E-state index in [4.69, 9.17) is 4.74 Å². The lowest BCUT2D eigenvalue weighted by Crippen LogP contribution is -1.87. The zero-order chi connectivity index (χ0) is 13.6. The Bertz CT molecular complexity index is 618. The average Bonchev–Trinajstić information content (AvgIpc) is 2.95. The van der Waals surface area contributed by atoms with Gasteiger partial charge in [-0.2, -0.15) is 0 Å². The van der Waals surface area contributed by atoms with Crippen molar-refractivity contribution in [2.75, 3.05) is 0 Å². The topological polar surface area (TPSA) is 35.0 Å². The lowest BCUT2D eigenvalue weighted by Gasteiger charge is -2.00. The predicted molar refractivity (Wildman–Crippen MR) is 78.6 cm³/mol. The molecular weight excluding hydrogens is 248 g/mol. The molecule has 0 amide bonds. The third-order valence-corrected chi connectivity index (χ3v) is 3.14. The molecule has 1 saturated heterocycles. The highest BCUT2D eigenvalue weighted by molar-refractivity contribution is 5.47. The SMILES string of the molecule is C(=C1\CC/C(=C\Cc2ccccn2)O1)/c1ccccn1. The number of pyridine rings is 2. The third-order valence-electron chi connectivity index (χ3n) is 3.14. The van der Waals surface area contributed by atoms with Crippen LogP contribution < -0.4 is 0 Å². The highest BCUT2D eigenvalue weighted by Crippen LogP contribution is 2.27. The van der Waals surface area contributed by atoms with Gasteiger partial charge in [-0.3, -0.25) is 9.97 Å². The summed E-state index contributed by atoms with van der Waals surface area (Å²) in [5.74, 6) is 2.01. The number of hydrogen-bond acceptors (Lipinski definition) is 3. The number of allylic oxidation sites excluding steroid dienone is 3. The molecule has 0 atom stereocenters. The maximum atomic E-state index is 5.84. The van der Waals surface area contributed by atoms with Crippen LogP contribution in [0.25, 0.3) is 6.08 Å². The first-order valence-electron chi connectivity index (χ1n) is 6.78. The van der Waals surface area contributed by atoms with E-state index in [1.165, 1.54) is 0 Å². The third kappa shape index (κ3) is 3.32. The van der Waals surface area contributed by atoms with Crippen molar-refractivity contribution >= 4 is 6.08 Å². The second-order valence-electron chi connectivity index (χ2n) is 4.66. The van der Waals surface area contributed by atoms with Crippen LogP contribution in [0.5, 0.6) is 0 Å². The van der Waals surface area contributed by atoms with Gasteiger partial charge < -0.3 is 4.74 Å². The van der Waals surface area contributed by atoms with Crippen molar-refractivity contribution in [3.63, 3.8) is 0 Å². The molecule has 0 radical (unpaired) electrons. The molecule has 2 aromatic rings. The van der Waals surface area contributed by atoms with Crippen LogP contribution in [-0.2, 0) is 11.2 Å². The van der Waals surface area contributed by atoms with Gasteiger partial charge in [0.15, 0.2) is 0 Å². The van der Waals surface area contributed by atoms with Gasteiger partial charge in [-0.25, -0.2) is 0 Å². The standard InChI is InChI=1S/C17H16N2O/c1-3-11-18-14(5-1)7-8-16-9-10-17(20-16)13-15-6-2-4-12-19-15/h1-6,8,11-13H,7,9-10H2/b16-8+,17-13-. The van der Waals surface area contributed by atoms with Gasteiger partial charge in [-0.1, -0.05) is 12.1 Å². The first-order valence-corrected chi connectivity index (χ1v) is 6.78. The maximum Gasteiger partial charge on any atom is 0.106 e. The number of nitrogens with zero attached hydrogens (tertiary/aromatic N) is 2. The summed E-state index contributed by atoms with van der Waals surface area (Å²) in [6.07, 6.45) is 10.4. The van der Waals surface area contributed by atoms with Crippen molar-refractivity contribution in [2.24, 2.45) is 0 Å². The van der Waals surface area contributed by atoms with E-state index in [0.717, 1.165) is 42.2 Å². The minimum absolute atomic E-state index is 0.813. The van der Waals surface area contributed by atoms with Crippen LogP contribution in [0.3, 0.4) is 0 Å². The lowest BCUT2D eigenvalue weighted by atomic mass is 10.2. The van der Waals surface area contributed by atoms with Gasteiger partial charge >= 0.3 is 0 Å². The van der Waals surface area contributed by atoms with Crippen molar-refractivity contribution < 1.29 is 4.74 Å². The number of ether oxygens (including phenoxy) is 1. The predicted octanol–water partition coefficient (Wildman–Crippen LogP) is 3.75. The Hall–Kier alpha value is -2.42. The maximum absolute atomic E-state index is 5.84. The van der Waals surface area contributed by atoms with Crippen molar-refractivity contribution in [3.8, 4) is 0 Å². The van der Waals surface area contributed by atoms with E-state index in [1.807, 2.05) is 48.7 Å². The number of aromatic nitrogens is 2. The van der Waals surface area contributed by atoms with Gasteiger partial charge in [0, 0.05) is 43.4 Å². The van der Waals surface area contributed by atoms with Gasteiger partial charge in [-0.05, 0) is 30.3 Å². The van der Waals surface area contributed by atoms with Crippen molar-refractivity contribution in [2.45, 2.75) is 19.3 Å².